The molecule has 0 unspecified atom stereocenters. The van der Waals surface area contributed by atoms with Crippen LogP contribution in [0.15, 0.2) is 41.3 Å². The summed E-state index contributed by atoms with van der Waals surface area (Å²) in [5, 5.41) is 0. The molecule has 1 N–H and O–H groups in total. The maximum absolute atomic E-state index is 12.8. The Hall–Kier alpha value is -1.93. The highest BCUT2D eigenvalue weighted by molar-refractivity contribution is 7.89. The summed E-state index contributed by atoms with van der Waals surface area (Å²) >= 11 is 0. The molecule has 7 heteroatoms. The van der Waals surface area contributed by atoms with Gasteiger partial charge >= 0.3 is 0 Å². The zero-order valence-electron chi connectivity index (χ0n) is 16.7. The van der Waals surface area contributed by atoms with E-state index in [1.807, 2.05) is 19.1 Å². The van der Waals surface area contributed by atoms with Crippen LogP contribution in [-0.4, -0.2) is 46.7 Å². The van der Waals surface area contributed by atoms with Crippen LogP contribution in [0.4, 0.5) is 0 Å². The molecule has 0 amide bonds. The summed E-state index contributed by atoms with van der Waals surface area (Å²) < 4.78 is 39.0. The summed E-state index contributed by atoms with van der Waals surface area (Å²) in [5.74, 6) is 0.687. The molecule has 0 aliphatic carbocycles. The van der Waals surface area contributed by atoms with Gasteiger partial charge < -0.3 is 9.47 Å². The number of benzene rings is 2. The molecule has 1 fully saturated rings. The number of aryl methyl sites for hydroxylation is 2. The zero-order chi connectivity index (χ0) is 20.1. The number of methoxy groups -OCH3 is 1. The smallest absolute Gasteiger partial charge is 0.241 e. The number of sulfonamides is 1. The highest BCUT2D eigenvalue weighted by Crippen LogP contribution is 2.25. The van der Waals surface area contributed by atoms with E-state index in [1.165, 1.54) is 5.56 Å². The van der Waals surface area contributed by atoms with E-state index in [4.69, 9.17) is 9.47 Å². The number of rotatable bonds is 7. The highest BCUT2D eigenvalue weighted by atomic mass is 32.2. The first kappa shape index (κ1) is 20.8. The minimum Gasteiger partial charge on any atom is -0.496 e. The largest absolute Gasteiger partial charge is 0.496 e. The van der Waals surface area contributed by atoms with Crippen LogP contribution in [0.25, 0.3) is 0 Å². The number of nitrogens with zero attached hydrogens (tertiary/aromatic N) is 1. The van der Waals surface area contributed by atoms with E-state index in [1.54, 1.807) is 26.2 Å². The maximum Gasteiger partial charge on any atom is 0.241 e. The van der Waals surface area contributed by atoms with Crippen molar-refractivity contribution in [2.75, 3.05) is 33.4 Å². The van der Waals surface area contributed by atoms with Crippen molar-refractivity contribution in [3.8, 4) is 5.75 Å². The van der Waals surface area contributed by atoms with Crippen molar-refractivity contribution in [2.24, 2.45) is 0 Å². The standard InChI is InChI=1S/C21H28N2O4S/c1-16-12-21(17(2)11-20(16)26-3)28(24,25)22-14-18-5-4-6-19(13-18)15-23-7-9-27-10-8-23/h4-6,11-13,22H,7-10,14-15H2,1-3H3. The van der Waals surface area contributed by atoms with Crippen LogP contribution in [0.1, 0.15) is 22.3 Å². The Balaban J connectivity index is 1.69. The molecule has 6 nitrogen and oxygen atoms in total. The average molecular weight is 405 g/mol. The first-order chi connectivity index (χ1) is 13.4. The van der Waals surface area contributed by atoms with Crippen LogP contribution in [-0.2, 0) is 27.8 Å². The van der Waals surface area contributed by atoms with Gasteiger partial charge in [-0.25, -0.2) is 13.1 Å². The molecule has 0 atom stereocenters. The Bertz CT molecular complexity index is 922. The van der Waals surface area contributed by atoms with Crippen LogP contribution in [0.3, 0.4) is 0 Å². The summed E-state index contributed by atoms with van der Waals surface area (Å²) in [6.07, 6.45) is 0. The zero-order valence-corrected chi connectivity index (χ0v) is 17.5. The first-order valence-electron chi connectivity index (χ1n) is 9.42. The maximum atomic E-state index is 12.8. The molecule has 3 rings (SSSR count). The minimum absolute atomic E-state index is 0.254. The molecule has 1 saturated heterocycles. The van der Waals surface area contributed by atoms with E-state index in [2.05, 4.69) is 21.8 Å². The molecule has 2 aromatic rings. The lowest BCUT2D eigenvalue weighted by Crippen LogP contribution is -2.35. The molecular weight excluding hydrogens is 376 g/mol. The highest BCUT2D eigenvalue weighted by Gasteiger charge is 2.19. The van der Waals surface area contributed by atoms with E-state index < -0.39 is 10.0 Å². The topological polar surface area (TPSA) is 67.9 Å². The van der Waals surface area contributed by atoms with Crippen molar-refractivity contribution in [1.29, 1.82) is 0 Å². The van der Waals surface area contributed by atoms with Crippen molar-refractivity contribution >= 4 is 10.0 Å². The third kappa shape index (κ3) is 5.11. The molecule has 28 heavy (non-hydrogen) atoms. The Morgan fingerprint density at radius 3 is 2.50 bits per heavy atom. The molecule has 0 spiro atoms. The second kappa shape index (κ2) is 9.05. The fourth-order valence-corrected chi connectivity index (χ4v) is 4.71. The number of morpholine rings is 1. The van der Waals surface area contributed by atoms with Gasteiger partial charge in [0.15, 0.2) is 0 Å². The lowest BCUT2D eigenvalue weighted by Gasteiger charge is -2.26. The second-order valence-electron chi connectivity index (χ2n) is 7.12. The van der Waals surface area contributed by atoms with Crippen molar-refractivity contribution in [1.82, 2.24) is 9.62 Å². The Morgan fingerprint density at radius 1 is 1.07 bits per heavy atom. The van der Waals surface area contributed by atoms with Gasteiger partial charge in [0, 0.05) is 26.2 Å². The summed E-state index contributed by atoms with van der Waals surface area (Å²) in [5.41, 5.74) is 3.57. The summed E-state index contributed by atoms with van der Waals surface area (Å²) in [6, 6.07) is 11.5. The van der Waals surface area contributed by atoms with Crippen LogP contribution in [0, 0.1) is 13.8 Å². The quantitative estimate of drug-likeness (QED) is 0.768. The molecule has 152 valence electrons. The lowest BCUT2D eigenvalue weighted by molar-refractivity contribution is 0.0342. The van der Waals surface area contributed by atoms with E-state index in [0.29, 0.717) is 11.3 Å². The summed E-state index contributed by atoms with van der Waals surface area (Å²) in [7, 11) is -2.03. The van der Waals surface area contributed by atoms with E-state index in [-0.39, 0.29) is 11.4 Å². The van der Waals surface area contributed by atoms with Gasteiger partial charge in [-0.15, -0.1) is 0 Å². The molecule has 1 heterocycles. The number of hydrogen-bond donors (Lipinski definition) is 1. The predicted octanol–water partition coefficient (Wildman–Crippen LogP) is 2.62. The van der Waals surface area contributed by atoms with Gasteiger partial charge in [-0.05, 0) is 48.2 Å². The lowest BCUT2D eigenvalue weighted by atomic mass is 10.1. The van der Waals surface area contributed by atoms with Gasteiger partial charge in [-0.3, -0.25) is 4.90 Å². The van der Waals surface area contributed by atoms with E-state index in [0.717, 1.165) is 44.0 Å². The monoisotopic (exact) mass is 404 g/mol. The Labute approximate surface area is 167 Å². The minimum atomic E-state index is -3.61. The van der Waals surface area contributed by atoms with E-state index in [9.17, 15) is 8.42 Å². The number of nitrogens with one attached hydrogen (secondary N) is 1. The first-order valence-corrected chi connectivity index (χ1v) is 10.9. The summed E-state index contributed by atoms with van der Waals surface area (Å²) in [6.45, 7) is 8.09. The van der Waals surface area contributed by atoms with Crippen molar-refractivity contribution in [3.05, 3.63) is 58.7 Å². The third-order valence-electron chi connectivity index (χ3n) is 4.95. The molecule has 0 radical (unpaired) electrons. The van der Waals surface area contributed by atoms with Gasteiger partial charge in [-0.1, -0.05) is 24.3 Å². The normalized spacial score (nSPS) is 15.5. The SMILES string of the molecule is COc1cc(C)c(S(=O)(=O)NCc2cccc(CN3CCOCC3)c2)cc1C. The number of hydrogen-bond acceptors (Lipinski definition) is 5. The van der Waals surface area contributed by atoms with Gasteiger partial charge in [-0.2, -0.15) is 0 Å². The molecule has 0 saturated carbocycles. The predicted molar refractivity (Wildman–Crippen MR) is 109 cm³/mol. The van der Waals surface area contributed by atoms with Gasteiger partial charge in [0.2, 0.25) is 10.0 Å². The Kier molecular flexibility index (Phi) is 6.72. The van der Waals surface area contributed by atoms with Crippen LogP contribution in [0.5, 0.6) is 5.75 Å². The number of ether oxygens (including phenoxy) is 2. The summed E-state index contributed by atoms with van der Waals surface area (Å²) in [4.78, 5) is 2.63. The van der Waals surface area contributed by atoms with Crippen LogP contribution < -0.4 is 9.46 Å². The van der Waals surface area contributed by atoms with E-state index >= 15 is 0 Å². The molecule has 1 aliphatic rings. The van der Waals surface area contributed by atoms with Crippen molar-refractivity contribution in [2.45, 2.75) is 31.8 Å². The fourth-order valence-electron chi connectivity index (χ4n) is 3.38. The van der Waals surface area contributed by atoms with Gasteiger partial charge in [0.1, 0.15) is 5.75 Å². The van der Waals surface area contributed by atoms with Crippen LogP contribution >= 0.6 is 0 Å². The molecule has 0 aromatic heterocycles. The van der Waals surface area contributed by atoms with Crippen molar-refractivity contribution < 1.29 is 17.9 Å². The van der Waals surface area contributed by atoms with Gasteiger partial charge in [0.05, 0.1) is 25.2 Å². The molecule has 2 aromatic carbocycles. The fraction of sp³-hybridized carbons (Fsp3) is 0.429. The molecule has 0 bridgehead atoms. The van der Waals surface area contributed by atoms with Gasteiger partial charge in [0.25, 0.3) is 0 Å². The molecule has 1 aliphatic heterocycles. The third-order valence-corrected chi connectivity index (χ3v) is 6.49. The Morgan fingerprint density at radius 2 is 1.79 bits per heavy atom. The van der Waals surface area contributed by atoms with Crippen molar-refractivity contribution in [3.63, 3.8) is 0 Å². The molecular formula is C21H28N2O4S. The average Bonchev–Trinajstić information content (AvgIpc) is 2.69. The van der Waals surface area contributed by atoms with Crippen LogP contribution in [0.2, 0.25) is 0 Å². The second-order valence-corrected chi connectivity index (χ2v) is 8.86.